The van der Waals surface area contributed by atoms with Gasteiger partial charge in [-0.15, -0.1) is 13.2 Å². The summed E-state index contributed by atoms with van der Waals surface area (Å²) in [6.45, 7) is 9.36. The fraction of sp³-hybridized carbons (Fsp3) is 0.550. The Hall–Kier alpha value is -2.08. The molecule has 2 heterocycles. The first-order valence-corrected chi connectivity index (χ1v) is 11.1. The number of anilines is 1. The van der Waals surface area contributed by atoms with Crippen molar-refractivity contribution in [3.8, 4) is 5.75 Å². The van der Waals surface area contributed by atoms with E-state index in [1.807, 2.05) is 0 Å². The fourth-order valence-corrected chi connectivity index (χ4v) is 4.10. The number of piperazine rings is 1. The molecule has 0 N–H and O–H groups in total. The van der Waals surface area contributed by atoms with Gasteiger partial charge in [0, 0.05) is 30.6 Å². The summed E-state index contributed by atoms with van der Waals surface area (Å²) in [6, 6.07) is 0.326. The topological polar surface area (TPSA) is 67.8 Å². The number of amides is 1. The lowest BCUT2D eigenvalue weighted by Crippen LogP contribution is -2.59. The monoisotopic (exact) mass is 556 g/mol. The van der Waals surface area contributed by atoms with Crippen LogP contribution in [-0.2, 0) is 4.74 Å². The van der Waals surface area contributed by atoms with E-state index in [9.17, 15) is 22.4 Å². The predicted octanol–water partition coefficient (Wildman–Crippen LogP) is 5.92. The molecule has 1 aromatic heterocycles. The summed E-state index contributed by atoms with van der Waals surface area (Å²) in [5.74, 6) is -1.70. The minimum atomic E-state index is -5.03. The van der Waals surface area contributed by atoms with Crippen LogP contribution >= 0.6 is 27.5 Å². The van der Waals surface area contributed by atoms with E-state index in [0.717, 1.165) is 6.07 Å². The second kappa shape index (κ2) is 8.94. The van der Waals surface area contributed by atoms with E-state index in [1.54, 1.807) is 44.4 Å². The Labute approximate surface area is 201 Å². The Morgan fingerprint density at radius 2 is 1.82 bits per heavy atom. The summed E-state index contributed by atoms with van der Waals surface area (Å²) >= 11 is 8.82. The van der Waals surface area contributed by atoms with Crippen molar-refractivity contribution in [2.45, 2.75) is 58.7 Å². The first kappa shape index (κ1) is 25.5. The van der Waals surface area contributed by atoms with Gasteiger partial charge in [0.25, 0.3) is 0 Å². The van der Waals surface area contributed by atoms with E-state index >= 15 is 0 Å². The zero-order valence-electron chi connectivity index (χ0n) is 18.4. The van der Waals surface area contributed by atoms with Crippen molar-refractivity contribution in [1.82, 2.24) is 14.9 Å². The number of benzene rings is 1. The number of rotatable bonds is 2. The summed E-state index contributed by atoms with van der Waals surface area (Å²) in [4.78, 5) is 23.9. The number of nitrogens with zero attached hydrogens (tertiary/aromatic N) is 4. The van der Waals surface area contributed by atoms with Crippen LogP contribution in [-0.4, -0.2) is 58.1 Å². The van der Waals surface area contributed by atoms with Crippen molar-refractivity contribution < 1.29 is 31.8 Å². The third-order valence-corrected chi connectivity index (χ3v) is 5.81. The van der Waals surface area contributed by atoms with Crippen LogP contribution in [0.15, 0.2) is 10.5 Å². The lowest BCUT2D eigenvalue weighted by Gasteiger charge is -2.44. The standard InChI is InChI=1S/C20H22BrClF4N4O3/c1-9-8-30(18(31)33-19(3,4)5)10(2)7-29(9)16-11-6-12(32-20(24,25)26)13(21)14(23)15(11)27-17(22)28-16/h6,9-10H,7-8H2,1-5H3/t9?,10-/m0/s1. The third-order valence-electron chi connectivity index (χ3n) is 4.90. The highest BCUT2D eigenvalue weighted by Gasteiger charge is 2.37. The van der Waals surface area contributed by atoms with E-state index in [0.29, 0.717) is 0 Å². The molecule has 1 fully saturated rings. The van der Waals surface area contributed by atoms with Crippen LogP contribution in [0.1, 0.15) is 34.6 Å². The van der Waals surface area contributed by atoms with Gasteiger partial charge >= 0.3 is 12.5 Å². The molecule has 0 aliphatic carbocycles. The number of hydrogen-bond acceptors (Lipinski definition) is 6. The molecule has 1 aliphatic heterocycles. The van der Waals surface area contributed by atoms with Gasteiger partial charge in [0.1, 0.15) is 22.7 Å². The zero-order valence-corrected chi connectivity index (χ0v) is 20.8. The fourth-order valence-electron chi connectivity index (χ4n) is 3.55. The van der Waals surface area contributed by atoms with E-state index in [1.165, 1.54) is 0 Å². The average Bonchev–Trinajstić information content (AvgIpc) is 2.65. The predicted molar refractivity (Wildman–Crippen MR) is 118 cm³/mol. The molecule has 1 aromatic carbocycles. The van der Waals surface area contributed by atoms with Crippen molar-refractivity contribution >= 4 is 50.3 Å². The molecule has 2 aromatic rings. The molecule has 1 unspecified atom stereocenters. The molecule has 0 saturated carbocycles. The van der Waals surface area contributed by atoms with Gasteiger partial charge in [-0.05, 0) is 68.2 Å². The van der Waals surface area contributed by atoms with Gasteiger partial charge in [0.05, 0.1) is 4.47 Å². The molecule has 13 heteroatoms. The quantitative estimate of drug-likeness (QED) is 0.337. The largest absolute Gasteiger partial charge is 0.573 e. The molecule has 0 bridgehead atoms. The van der Waals surface area contributed by atoms with Gasteiger partial charge in [-0.1, -0.05) is 0 Å². The van der Waals surface area contributed by atoms with E-state index in [4.69, 9.17) is 16.3 Å². The van der Waals surface area contributed by atoms with Crippen molar-refractivity contribution in [1.29, 1.82) is 0 Å². The van der Waals surface area contributed by atoms with Gasteiger partial charge in [0.15, 0.2) is 5.82 Å². The van der Waals surface area contributed by atoms with Crippen LogP contribution in [0.3, 0.4) is 0 Å². The molecule has 1 saturated heterocycles. The Balaban J connectivity index is 2.04. The lowest BCUT2D eigenvalue weighted by atomic mass is 10.1. The van der Waals surface area contributed by atoms with Crippen LogP contribution in [0, 0.1) is 5.82 Å². The first-order chi connectivity index (χ1) is 15.1. The second-order valence-electron chi connectivity index (χ2n) is 8.75. The van der Waals surface area contributed by atoms with Gasteiger partial charge < -0.3 is 19.3 Å². The summed E-state index contributed by atoms with van der Waals surface area (Å²) in [6.07, 6.45) is -5.51. The molecule has 182 valence electrons. The van der Waals surface area contributed by atoms with Crippen molar-refractivity contribution in [2.24, 2.45) is 0 Å². The number of ether oxygens (including phenoxy) is 2. The van der Waals surface area contributed by atoms with Gasteiger partial charge in [-0.2, -0.15) is 4.98 Å². The van der Waals surface area contributed by atoms with Crippen molar-refractivity contribution in [3.63, 3.8) is 0 Å². The molecule has 2 atom stereocenters. The molecular weight excluding hydrogens is 536 g/mol. The summed E-state index contributed by atoms with van der Waals surface area (Å²) in [5, 5.41) is -0.286. The van der Waals surface area contributed by atoms with Crippen LogP contribution < -0.4 is 9.64 Å². The maximum absolute atomic E-state index is 14.9. The average molecular weight is 558 g/mol. The highest BCUT2D eigenvalue weighted by Crippen LogP contribution is 2.40. The number of carbonyl (C=O) groups is 1. The number of halogens is 6. The number of aromatic nitrogens is 2. The SMILES string of the molecule is CC1CN(C(=O)OC(C)(C)C)[C@@H](C)CN1c1nc(Cl)nc2c(F)c(Br)c(OC(F)(F)F)cc12. The Morgan fingerprint density at radius 1 is 1.18 bits per heavy atom. The molecule has 0 radical (unpaired) electrons. The molecule has 1 amide bonds. The van der Waals surface area contributed by atoms with Gasteiger partial charge in [-0.25, -0.2) is 14.2 Å². The summed E-state index contributed by atoms with van der Waals surface area (Å²) < 4.78 is 62.4. The van der Waals surface area contributed by atoms with Crippen LogP contribution in [0.4, 0.5) is 28.2 Å². The smallest absolute Gasteiger partial charge is 0.444 e. The second-order valence-corrected chi connectivity index (χ2v) is 9.88. The number of fused-ring (bicyclic) bond motifs is 1. The van der Waals surface area contributed by atoms with Crippen LogP contribution in [0.25, 0.3) is 10.9 Å². The van der Waals surface area contributed by atoms with Crippen LogP contribution in [0.5, 0.6) is 5.75 Å². The van der Waals surface area contributed by atoms with E-state index in [-0.39, 0.29) is 47.2 Å². The lowest BCUT2D eigenvalue weighted by molar-refractivity contribution is -0.274. The Morgan fingerprint density at radius 3 is 2.39 bits per heavy atom. The number of alkyl halides is 3. The highest BCUT2D eigenvalue weighted by molar-refractivity contribution is 9.10. The van der Waals surface area contributed by atoms with Crippen molar-refractivity contribution in [3.05, 3.63) is 21.6 Å². The maximum Gasteiger partial charge on any atom is 0.573 e. The molecular formula is C20H22BrClF4N4O3. The third kappa shape index (κ3) is 5.71. The molecule has 1 aliphatic rings. The Bertz CT molecular complexity index is 1080. The van der Waals surface area contributed by atoms with Gasteiger partial charge in [0.2, 0.25) is 5.28 Å². The van der Waals surface area contributed by atoms with E-state index in [2.05, 4.69) is 30.6 Å². The number of hydrogen-bond donors (Lipinski definition) is 0. The minimum absolute atomic E-state index is 0.0101. The number of carbonyl (C=O) groups excluding carboxylic acids is 1. The van der Waals surface area contributed by atoms with Gasteiger partial charge in [-0.3, -0.25) is 0 Å². The normalized spacial score (nSPS) is 19.7. The van der Waals surface area contributed by atoms with E-state index < -0.39 is 34.1 Å². The molecule has 33 heavy (non-hydrogen) atoms. The van der Waals surface area contributed by atoms with Crippen molar-refractivity contribution in [2.75, 3.05) is 18.0 Å². The molecule has 3 rings (SSSR count). The molecule has 7 nitrogen and oxygen atoms in total. The summed E-state index contributed by atoms with van der Waals surface area (Å²) in [5.41, 5.74) is -0.936. The summed E-state index contributed by atoms with van der Waals surface area (Å²) in [7, 11) is 0. The first-order valence-electron chi connectivity index (χ1n) is 9.94. The highest BCUT2D eigenvalue weighted by atomic mass is 79.9. The molecule has 0 spiro atoms. The van der Waals surface area contributed by atoms with Crippen LogP contribution in [0.2, 0.25) is 5.28 Å². The zero-order chi connectivity index (χ0) is 24.9. The maximum atomic E-state index is 14.9. The minimum Gasteiger partial charge on any atom is -0.444 e. The Kier molecular flexibility index (Phi) is 6.92.